The molecular formula is C10H17N3O. The van der Waals surface area contributed by atoms with Gasteiger partial charge >= 0.3 is 0 Å². The molecule has 4 heteroatoms. The van der Waals surface area contributed by atoms with Crippen molar-refractivity contribution in [2.75, 3.05) is 18.5 Å². The van der Waals surface area contributed by atoms with E-state index in [1.54, 1.807) is 0 Å². The molecule has 0 saturated carbocycles. The van der Waals surface area contributed by atoms with Crippen molar-refractivity contribution in [1.29, 1.82) is 0 Å². The van der Waals surface area contributed by atoms with E-state index in [1.807, 2.05) is 11.9 Å². The molecule has 0 aliphatic carbocycles. The van der Waals surface area contributed by atoms with Crippen molar-refractivity contribution in [2.24, 2.45) is 5.92 Å². The van der Waals surface area contributed by atoms with Crippen molar-refractivity contribution < 1.29 is 0 Å². The molecule has 0 aliphatic rings. The minimum absolute atomic E-state index is 0.105. The van der Waals surface area contributed by atoms with Crippen molar-refractivity contribution in [1.82, 2.24) is 9.97 Å². The van der Waals surface area contributed by atoms with Crippen LogP contribution >= 0.6 is 0 Å². The zero-order chi connectivity index (χ0) is 10.6. The Labute approximate surface area is 84.0 Å². The summed E-state index contributed by atoms with van der Waals surface area (Å²) < 4.78 is 0. The molecule has 1 heterocycles. The first-order chi connectivity index (χ1) is 6.59. The van der Waals surface area contributed by atoms with Gasteiger partial charge in [-0.25, -0.2) is 4.98 Å². The lowest BCUT2D eigenvalue weighted by atomic mass is 10.1. The molecule has 1 aromatic heterocycles. The average molecular weight is 195 g/mol. The van der Waals surface area contributed by atoms with Crippen molar-refractivity contribution >= 4 is 5.82 Å². The Morgan fingerprint density at radius 1 is 1.57 bits per heavy atom. The standard InChI is InChI=1S/C10H17N3O/c1-8(2)4-5-13(3)9-6-10(14)12-7-11-9/h6-8H,4-5H2,1-3H3,(H,11,12,14). The summed E-state index contributed by atoms with van der Waals surface area (Å²) in [5, 5.41) is 0. The highest BCUT2D eigenvalue weighted by atomic mass is 16.1. The van der Waals surface area contributed by atoms with E-state index in [2.05, 4.69) is 23.8 Å². The number of aromatic nitrogens is 2. The predicted octanol–water partition coefficient (Wildman–Crippen LogP) is 1.25. The van der Waals surface area contributed by atoms with Crippen LogP contribution in [-0.2, 0) is 0 Å². The number of nitrogens with one attached hydrogen (secondary N) is 1. The molecular weight excluding hydrogens is 178 g/mol. The maximum absolute atomic E-state index is 11.0. The third kappa shape index (κ3) is 3.20. The number of anilines is 1. The molecule has 0 atom stereocenters. The second-order valence-electron chi connectivity index (χ2n) is 3.87. The Morgan fingerprint density at radius 2 is 2.29 bits per heavy atom. The van der Waals surface area contributed by atoms with E-state index >= 15 is 0 Å². The average Bonchev–Trinajstić information content (AvgIpc) is 2.14. The fourth-order valence-electron chi connectivity index (χ4n) is 1.13. The second-order valence-corrected chi connectivity index (χ2v) is 3.87. The van der Waals surface area contributed by atoms with E-state index in [0.29, 0.717) is 5.92 Å². The highest BCUT2D eigenvalue weighted by Crippen LogP contribution is 2.07. The van der Waals surface area contributed by atoms with Crippen molar-refractivity contribution in [3.63, 3.8) is 0 Å². The Bertz CT molecular complexity index is 332. The number of rotatable bonds is 4. The highest BCUT2D eigenvalue weighted by molar-refractivity contribution is 5.34. The summed E-state index contributed by atoms with van der Waals surface area (Å²) in [7, 11) is 1.95. The number of aromatic amines is 1. The normalized spacial score (nSPS) is 10.6. The van der Waals surface area contributed by atoms with Crippen LogP contribution in [0.2, 0.25) is 0 Å². The molecule has 0 aromatic carbocycles. The number of nitrogens with zero attached hydrogens (tertiary/aromatic N) is 2. The molecule has 1 N–H and O–H groups in total. The van der Waals surface area contributed by atoms with Crippen LogP contribution in [0.25, 0.3) is 0 Å². The van der Waals surface area contributed by atoms with Crippen LogP contribution in [0.15, 0.2) is 17.2 Å². The summed E-state index contributed by atoms with van der Waals surface area (Å²) in [6.45, 7) is 5.28. The topological polar surface area (TPSA) is 49.0 Å². The molecule has 0 bridgehead atoms. The molecule has 0 aliphatic heterocycles. The van der Waals surface area contributed by atoms with Gasteiger partial charge in [0.05, 0.1) is 6.33 Å². The van der Waals surface area contributed by atoms with Gasteiger partial charge in [0.15, 0.2) is 0 Å². The quantitative estimate of drug-likeness (QED) is 0.786. The molecule has 0 radical (unpaired) electrons. The Morgan fingerprint density at radius 3 is 2.86 bits per heavy atom. The van der Waals surface area contributed by atoms with E-state index in [1.165, 1.54) is 12.4 Å². The molecule has 0 amide bonds. The third-order valence-corrected chi connectivity index (χ3v) is 2.10. The van der Waals surface area contributed by atoms with Crippen molar-refractivity contribution in [3.05, 3.63) is 22.7 Å². The zero-order valence-electron chi connectivity index (χ0n) is 8.95. The van der Waals surface area contributed by atoms with Crippen LogP contribution < -0.4 is 10.5 Å². The molecule has 4 nitrogen and oxygen atoms in total. The maximum Gasteiger partial charge on any atom is 0.252 e. The van der Waals surface area contributed by atoms with Crippen LogP contribution in [-0.4, -0.2) is 23.6 Å². The van der Waals surface area contributed by atoms with Gasteiger partial charge in [-0.05, 0) is 12.3 Å². The van der Waals surface area contributed by atoms with Gasteiger partial charge in [0.2, 0.25) is 0 Å². The predicted molar refractivity (Wildman–Crippen MR) is 57.6 cm³/mol. The first-order valence-corrected chi connectivity index (χ1v) is 4.85. The third-order valence-electron chi connectivity index (χ3n) is 2.10. The summed E-state index contributed by atoms with van der Waals surface area (Å²) in [6, 6.07) is 1.51. The van der Waals surface area contributed by atoms with Crippen LogP contribution in [0.4, 0.5) is 5.82 Å². The van der Waals surface area contributed by atoms with Gasteiger partial charge in [-0.1, -0.05) is 13.8 Å². The van der Waals surface area contributed by atoms with Gasteiger partial charge in [0, 0.05) is 19.7 Å². The van der Waals surface area contributed by atoms with Gasteiger partial charge in [0.25, 0.3) is 5.56 Å². The molecule has 1 rings (SSSR count). The first kappa shape index (κ1) is 10.8. The van der Waals surface area contributed by atoms with E-state index in [-0.39, 0.29) is 5.56 Å². The van der Waals surface area contributed by atoms with Crippen LogP contribution in [0.5, 0.6) is 0 Å². The molecule has 0 saturated heterocycles. The smallest absolute Gasteiger partial charge is 0.252 e. The molecule has 78 valence electrons. The van der Waals surface area contributed by atoms with Gasteiger partial charge in [-0.3, -0.25) is 4.79 Å². The van der Waals surface area contributed by atoms with Crippen LogP contribution in [0.3, 0.4) is 0 Å². The van der Waals surface area contributed by atoms with E-state index in [4.69, 9.17) is 0 Å². The van der Waals surface area contributed by atoms with Crippen LogP contribution in [0, 0.1) is 5.92 Å². The Kier molecular flexibility index (Phi) is 3.68. The van der Waals surface area contributed by atoms with Gasteiger partial charge < -0.3 is 9.88 Å². The van der Waals surface area contributed by atoms with E-state index in [9.17, 15) is 4.79 Å². The highest BCUT2D eigenvalue weighted by Gasteiger charge is 2.03. The Balaban J connectivity index is 2.60. The minimum Gasteiger partial charge on any atom is -0.359 e. The first-order valence-electron chi connectivity index (χ1n) is 4.85. The SMILES string of the molecule is CC(C)CCN(C)c1cc(=O)[nH]cn1. The molecule has 0 fully saturated rings. The van der Waals surface area contributed by atoms with Gasteiger partial charge in [0.1, 0.15) is 5.82 Å². The lowest BCUT2D eigenvalue weighted by Crippen LogP contribution is -2.22. The zero-order valence-corrected chi connectivity index (χ0v) is 8.95. The van der Waals surface area contributed by atoms with Gasteiger partial charge in [-0.2, -0.15) is 0 Å². The fourth-order valence-corrected chi connectivity index (χ4v) is 1.13. The molecule has 14 heavy (non-hydrogen) atoms. The maximum atomic E-state index is 11.0. The Hall–Kier alpha value is -1.32. The lowest BCUT2D eigenvalue weighted by molar-refractivity contribution is 0.583. The van der Waals surface area contributed by atoms with E-state index < -0.39 is 0 Å². The van der Waals surface area contributed by atoms with Crippen LogP contribution in [0.1, 0.15) is 20.3 Å². The molecule has 0 spiro atoms. The van der Waals surface area contributed by atoms with Crippen molar-refractivity contribution in [3.8, 4) is 0 Å². The number of hydrogen-bond acceptors (Lipinski definition) is 3. The summed E-state index contributed by atoms with van der Waals surface area (Å²) >= 11 is 0. The molecule has 0 unspecified atom stereocenters. The lowest BCUT2D eigenvalue weighted by Gasteiger charge is -2.18. The minimum atomic E-state index is -0.105. The van der Waals surface area contributed by atoms with Crippen molar-refractivity contribution in [2.45, 2.75) is 20.3 Å². The van der Waals surface area contributed by atoms with Gasteiger partial charge in [-0.15, -0.1) is 0 Å². The number of H-pyrrole nitrogens is 1. The monoisotopic (exact) mass is 195 g/mol. The van der Waals surface area contributed by atoms with E-state index in [0.717, 1.165) is 18.8 Å². The number of hydrogen-bond donors (Lipinski definition) is 1. The summed E-state index contributed by atoms with van der Waals surface area (Å²) in [6.07, 6.45) is 2.54. The largest absolute Gasteiger partial charge is 0.359 e. The molecule has 1 aromatic rings. The summed E-state index contributed by atoms with van der Waals surface area (Å²) in [5.41, 5.74) is -0.105. The second kappa shape index (κ2) is 4.79. The summed E-state index contributed by atoms with van der Waals surface area (Å²) in [4.78, 5) is 19.6. The summed E-state index contributed by atoms with van der Waals surface area (Å²) in [5.74, 6) is 1.40. The fraction of sp³-hybridized carbons (Fsp3) is 0.600.